The fraction of sp³-hybridized carbons (Fsp3) is 0.318. The average molecular weight is 499 g/mol. The Morgan fingerprint density at radius 3 is 2.60 bits per heavy atom. The summed E-state index contributed by atoms with van der Waals surface area (Å²) in [6, 6.07) is 9.31. The van der Waals surface area contributed by atoms with E-state index in [-0.39, 0.29) is 17.7 Å². The number of hydrogen-bond acceptors (Lipinski definition) is 10. The summed E-state index contributed by atoms with van der Waals surface area (Å²) < 4.78 is 11.8. The van der Waals surface area contributed by atoms with Crippen molar-refractivity contribution in [3.8, 4) is 17.5 Å². The largest absolute Gasteiger partial charge is 0.492 e. The Hall–Kier alpha value is -3.97. The second-order valence-corrected chi connectivity index (χ2v) is 8.88. The average Bonchev–Trinajstić information content (AvgIpc) is 3.59. The van der Waals surface area contributed by atoms with Crippen molar-refractivity contribution in [3.63, 3.8) is 0 Å². The molecule has 35 heavy (non-hydrogen) atoms. The third-order valence-corrected chi connectivity index (χ3v) is 6.89. The monoisotopic (exact) mass is 498 g/mol. The van der Waals surface area contributed by atoms with Gasteiger partial charge in [-0.05, 0) is 24.6 Å². The number of thiazole rings is 1. The first-order chi connectivity index (χ1) is 17.0. The van der Waals surface area contributed by atoms with E-state index in [1.54, 1.807) is 36.1 Å². The van der Waals surface area contributed by atoms with Crippen molar-refractivity contribution in [2.24, 2.45) is 0 Å². The first-order valence-electron chi connectivity index (χ1n) is 11.0. The molecule has 1 fully saturated rings. The van der Waals surface area contributed by atoms with Crippen molar-refractivity contribution in [2.45, 2.75) is 13.0 Å². The highest BCUT2D eigenvalue weighted by atomic mass is 32.1. The molecule has 0 spiro atoms. The van der Waals surface area contributed by atoms with Gasteiger partial charge in [0.25, 0.3) is 5.69 Å². The lowest BCUT2D eigenvalue weighted by Crippen LogP contribution is -2.49. The topological polar surface area (TPSA) is 139 Å². The number of non-ortho nitro benzene ring substituents is 1. The number of carbonyl (C=O) groups is 1. The Morgan fingerprint density at radius 1 is 1.26 bits per heavy atom. The van der Waals surface area contributed by atoms with E-state index < -0.39 is 11.0 Å². The van der Waals surface area contributed by atoms with E-state index in [1.807, 2.05) is 0 Å². The molecule has 5 rings (SSSR count). The van der Waals surface area contributed by atoms with Crippen LogP contribution in [0.2, 0.25) is 0 Å². The van der Waals surface area contributed by atoms with Crippen LogP contribution in [0, 0.1) is 10.1 Å². The van der Waals surface area contributed by atoms with Crippen LogP contribution in [0.15, 0.2) is 47.1 Å². The zero-order chi connectivity index (χ0) is 24.5. The molecule has 1 aliphatic rings. The predicted octanol–water partition coefficient (Wildman–Crippen LogP) is 3.53. The first-order valence-corrected chi connectivity index (χ1v) is 11.8. The van der Waals surface area contributed by atoms with Crippen molar-refractivity contribution in [2.75, 3.05) is 32.8 Å². The number of ether oxygens (including phenoxy) is 1. The summed E-state index contributed by atoms with van der Waals surface area (Å²) in [7, 11) is 0. The van der Waals surface area contributed by atoms with Gasteiger partial charge in [0.05, 0.1) is 28.7 Å². The normalized spacial score (nSPS) is 15.4. The highest BCUT2D eigenvalue weighted by Gasteiger charge is 2.33. The van der Waals surface area contributed by atoms with Gasteiger partial charge in [0, 0.05) is 38.3 Å². The molecule has 4 heterocycles. The zero-order valence-electron chi connectivity index (χ0n) is 18.7. The Bertz CT molecular complexity index is 1340. The number of aromatic hydroxyl groups is 1. The van der Waals surface area contributed by atoms with Gasteiger partial charge in [-0.15, -0.1) is 5.10 Å². The van der Waals surface area contributed by atoms with E-state index in [2.05, 4.69) is 15.0 Å². The van der Waals surface area contributed by atoms with Gasteiger partial charge in [-0.2, -0.15) is 9.50 Å². The molecule has 1 atom stereocenters. The maximum atomic E-state index is 12.1. The number of aromatic nitrogens is 3. The lowest BCUT2D eigenvalue weighted by atomic mass is 10.0. The summed E-state index contributed by atoms with van der Waals surface area (Å²) in [5, 5.41) is 26.7. The van der Waals surface area contributed by atoms with Crippen LogP contribution in [-0.2, 0) is 4.74 Å². The lowest BCUT2D eigenvalue weighted by molar-refractivity contribution is -0.384. The minimum Gasteiger partial charge on any atom is -0.492 e. The number of rotatable bonds is 6. The fourth-order valence-corrected chi connectivity index (χ4v) is 5.24. The van der Waals surface area contributed by atoms with Crippen LogP contribution < -0.4 is 0 Å². The van der Waals surface area contributed by atoms with E-state index >= 15 is 0 Å². The van der Waals surface area contributed by atoms with Gasteiger partial charge in [-0.3, -0.25) is 15.0 Å². The molecule has 12 nitrogen and oxygen atoms in total. The second kappa shape index (κ2) is 9.35. The number of nitro groups is 1. The maximum Gasteiger partial charge on any atom is 0.409 e. The van der Waals surface area contributed by atoms with Crippen LogP contribution in [0.1, 0.15) is 23.4 Å². The van der Waals surface area contributed by atoms with Crippen molar-refractivity contribution < 1.29 is 24.0 Å². The molecule has 182 valence electrons. The second-order valence-electron chi connectivity index (χ2n) is 7.87. The number of nitrogens with zero attached hydrogens (tertiary/aromatic N) is 6. The van der Waals surface area contributed by atoms with Gasteiger partial charge in [-0.25, -0.2) is 4.79 Å². The Balaban J connectivity index is 1.49. The van der Waals surface area contributed by atoms with Crippen LogP contribution in [0.4, 0.5) is 10.5 Å². The van der Waals surface area contributed by atoms with E-state index in [9.17, 15) is 20.0 Å². The maximum absolute atomic E-state index is 12.1. The summed E-state index contributed by atoms with van der Waals surface area (Å²) in [5.74, 6) is 0.786. The van der Waals surface area contributed by atoms with Crippen LogP contribution in [0.5, 0.6) is 5.88 Å². The van der Waals surface area contributed by atoms with E-state index in [0.29, 0.717) is 54.2 Å². The van der Waals surface area contributed by atoms with Gasteiger partial charge in [-0.1, -0.05) is 23.5 Å². The highest BCUT2D eigenvalue weighted by Crippen LogP contribution is 2.41. The summed E-state index contributed by atoms with van der Waals surface area (Å²) >= 11 is 1.28. The zero-order valence-corrected chi connectivity index (χ0v) is 19.6. The number of furan rings is 1. The van der Waals surface area contributed by atoms with Gasteiger partial charge in [0.2, 0.25) is 16.7 Å². The number of nitro benzene ring substituents is 1. The highest BCUT2D eigenvalue weighted by molar-refractivity contribution is 7.17. The number of piperazine rings is 1. The molecule has 1 aliphatic heterocycles. The van der Waals surface area contributed by atoms with Crippen LogP contribution in [0.25, 0.3) is 16.5 Å². The molecular weight excluding hydrogens is 476 g/mol. The molecule has 1 saturated heterocycles. The van der Waals surface area contributed by atoms with Crippen molar-refractivity contribution >= 4 is 28.1 Å². The summed E-state index contributed by atoms with van der Waals surface area (Å²) in [6.07, 6.45) is 1.17. The van der Waals surface area contributed by atoms with Crippen molar-refractivity contribution in [1.29, 1.82) is 0 Å². The predicted molar refractivity (Wildman–Crippen MR) is 125 cm³/mol. The van der Waals surface area contributed by atoms with E-state index in [1.165, 1.54) is 34.2 Å². The molecule has 1 N–H and O–H groups in total. The molecule has 3 aromatic heterocycles. The number of hydrogen-bond donors (Lipinski definition) is 1. The Labute approximate surface area is 203 Å². The number of fused-ring (bicyclic) bond motifs is 1. The Kier molecular flexibility index (Phi) is 6.09. The van der Waals surface area contributed by atoms with Crippen LogP contribution in [0.3, 0.4) is 0 Å². The van der Waals surface area contributed by atoms with Crippen LogP contribution >= 0.6 is 11.3 Å². The standard InChI is InChI=1S/C22H22N6O6S/c1-2-33-22(30)26-11-9-25(10-12-26)17(14-5-7-15(8-6-14)28(31)32)18-20(29)27-21(35-18)23-19(24-27)16-4-3-13-34-16/h3-8,13,17,29H,2,9-12H2,1H3/t17-/m1/s1. The van der Waals surface area contributed by atoms with Crippen molar-refractivity contribution in [1.82, 2.24) is 24.4 Å². The summed E-state index contributed by atoms with van der Waals surface area (Å²) in [4.78, 5) is 32.2. The molecule has 13 heteroatoms. The Morgan fingerprint density at radius 2 is 2.00 bits per heavy atom. The number of amides is 1. The molecule has 1 amide bonds. The van der Waals surface area contributed by atoms with E-state index in [0.717, 1.165) is 5.56 Å². The molecular formula is C22H22N6O6S. The van der Waals surface area contributed by atoms with Gasteiger partial charge >= 0.3 is 6.09 Å². The van der Waals surface area contributed by atoms with Gasteiger partial charge in [0.1, 0.15) is 0 Å². The smallest absolute Gasteiger partial charge is 0.409 e. The third kappa shape index (κ3) is 4.31. The third-order valence-electron chi connectivity index (χ3n) is 5.81. The molecule has 0 bridgehead atoms. The molecule has 4 aromatic rings. The summed E-state index contributed by atoms with van der Waals surface area (Å²) in [6.45, 7) is 4.01. The van der Waals surface area contributed by atoms with Crippen LogP contribution in [-0.4, -0.2) is 73.3 Å². The SMILES string of the molecule is CCOC(=O)N1CCN([C@H](c2ccc([N+](=O)[O-])cc2)c2sc3nc(-c4ccco4)nn3c2O)CC1. The molecule has 0 aliphatic carbocycles. The van der Waals surface area contributed by atoms with Crippen molar-refractivity contribution in [3.05, 3.63) is 63.2 Å². The first kappa shape index (κ1) is 22.8. The minimum atomic E-state index is -0.451. The minimum absolute atomic E-state index is 0.0189. The molecule has 0 unspecified atom stereocenters. The van der Waals surface area contributed by atoms with E-state index in [4.69, 9.17) is 9.15 Å². The number of benzene rings is 1. The quantitative estimate of drug-likeness (QED) is 0.312. The fourth-order valence-electron chi connectivity index (χ4n) is 4.12. The van der Waals surface area contributed by atoms with Gasteiger partial charge < -0.3 is 19.2 Å². The molecule has 0 saturated carbocycles. The molecule has 1 aromatic carbocycles. The lowest BCUT2D eigenvalue weighted by Gasteiger charge is -2.38. The van der Waals surface area contributed by atoms with Gasteiger partial charge in [0.15, 0.2) is 5.76 Å². The molecule has 0 radical (unpaired) electrons. The number of carbonyl (C=O) groups excluding carboxylic acids is 1. The summed E-state index contributed by atoms with van der Waals surface area (Å²) in [5.41, 5.74) is 0.751.